The molecule has 0 saturated heterocycles. The molecular weight excluding hydrogens is 626 g/mol. The minimum absolute atomic E-state index is 0.00669. The lowest BCUT2D eigenvalue weighted by atomic mass is 10.1. The fourth-order valence-corrected chi connectivity index (χ4v) is 5.13. The number of aromatic hydroxyl groups is 1. The van der Waals surface area contributed by atoms with E-state index < -0.39 is 5.76 Å². The van der Waals surface area contributed by atoms with Gasteiger partial charge in [-0.15, -0.1) is 0 Å². The third kappa shape index (κ3) is 8.38. The number of nitrogens with zero attached hydrogens (tertiary/aromatic N) is 3. The quantitative estimate of drug-likeness (QED) is 0.120. The minimum atomic E-state index is -0.673. The van der Waals surface area contributed by atoms with Crippen LogP contribution in [0.5, 0.6) is 23.1 Å². The first-order valence-electron chi connectivity index (χ1n) is 15.6. The molecule has 6 rings (SSSR count). The highest BCUT2D eigenvalue weighted by molar-refractivity contribution is 5.66. The van der Waals surface area contributed by atoms with Crippen LogP contribution in [0.25, 0.3) is 24.3 Å². The van der Waals surface area contributed by atoms with Crippen LogP contribution < -0.4 is 20.0 Å². The normalized spacial score (nSPS) is 11.5. The van der Waals surface area contributed by atoms with Crippen molar-refractivity contribution < 1.29 is 32.6 Å². The molecule has 0 radical (unpaired) electrons. The summed E-state index contributed by atoms with van der Waals surface area (Å²) >= 11 is 0. The maximum Gasteiger partial charge on any atom is 0.422 e. The molecule has 1 N–H and O–H groups in total. The maximum absolute atomic E-state index is 12.6. The van der Waals surface area contributed by atoms with Crippen LogP contribution in [0.4, 0.5) is 0 Å². The lowest BCUT2D eigenvalue weighted by molar-refractivity contribution is 0.262. The standard InChI is InChI=1S/C38H35N3O8/c1-44-32-20-28(21-33(45-2)36(32)48-25-30-24-47-35(40-30)19-17-27-12-7-4-8-13-27)14-9-15-31-37(42)41(38(43)49-31)22-29-23-46-34(39-29)18-16-26-10-5-3-6-11-26/h3-8,10-13,16-21,23-24,42H,9,14-15,22,25H2,1-2H3. The number of aryl methyl sites for hydroxylation is 2. The molecule has 0 amide bonds. The van der Waals surface area contributed by atoms with Crippen molar-refractivity contribution in [2.75, 3.05) is 14.2 Å². The van der Waals surface area contributed by atoms with Crippen molar-refractivity contribution in [3.05, 3.63) is 141 Å². The molecular formula is C38H35N3O8. The third-order valence-corrected chi connectivity index (χ3v) is 7.59. The van der Waals surface area contributed by atoms with Crippen molar-refractivity contribution in [2.24, 2.45) is 0 Å². The number of methoxy groups -OCH3 is 2. The summed E-state index contributed by atoms with van der Waals surface area (Å²) in [6.07, 6.45) is 11.8. The van der Waals surface area contributed by atoms with E-state index in [-0.39, 0.29) is 24.8 Å². The van der Waals surface area contributed by atoms with Gasteiger partial charge in [0.15, 0.2) is 17.3 Å². The predicted molar refractivity (Wildman–Crippen MR) is 183 cm³/mol. The number of rotatable bonds is 15. The monoisotopic (exact) mass is 661 g/mol. The second-order valence-corrected chi connectivity index (χ2v) is 11.0. The molecule has 49 heavy (non-hydrogen) atoms. The van der Waals surface area contributed by atoms with E-state index in [0.29, 0.717) is 59.7 Å². The van der Waals surface area contributed by atoms with Crippen molar-refractivity contribution in [2.45, 2.75) is 32.4 Å². The first-order chi connectivity index (χ1) is 24.0. The Morgan fingerprint density at radius 3 is 1.94 bits per heavy atom. The van der Waals surface area contributed by atoms with Gasteiger partial charge in [0.05, 0.1) is 26.5 Å². The van der Waals surface area contributed by atoms with Crippen molar-refractivity contribution >= 4 is 24.3 Å². The van der Waals surface area contributed by atoms with Crippen molar-refractivity contribution in [1.82, 2.24) is 14.5 Å². The molecule has 11 heteroatoms. The molecule has 0 aliphatic carbocycles. The van der Waals surface area contributed by atoms with Gasteiger partial charge in [-0.05, 0) is 53.8 Å². The number of oxazole rings is 3. The summed E-state index contributed by atoms with van der Waals surface area (Å²) in [5.74, 6) is 1.56. The van der Waals surface area contributed by atoms with Gasteiger partial charge in [-0.3, -0.25) is 0 Å². The van der Waals surface area contributed by atoms with E-state index in [4.69, 9.17) is 27.5 Å². The van der Waals surface area contributed by atoms with E-state index in [1.54, 1.807) is 32.6 Å². The summed E-state index contributed by atoms with van der Waals surface area (Å²) in [6, 6.07) is 23.4. The van der Waals surface area contributed by atoms with Gasteiger partial charge in [0, 0.05) is 18.6 Å². The van der Waals surface area contributed by atoms with Crippen LogP contribution in [0.3, 0.4) is 0 Å². The van der Waals surface area contributed by atoms with Gasteiger partial charge in [-0.2, -0.15) is 0 Å². The van der Waals surface area contributed by atoms with Gasteiger partial charge < -0.3 is 32.6 Å². The van der Waals surface area contributed by atoms with E-state index in [1.807, 2.05) is 84.9 Å². The van der Waals surface area contributed by atoms with Crippen LogP contribution in [-0.2, 0) is 26.0 Å². The van der Waals surface area contributed by atoms with Crippen molar-refractivity contribution in [1.29, 1.82) is 0 Å². The summed E-state index contributed by atoms with van der Waals surface area (Å²) < 4.78 is 34.9. The van der Waals surface area contributed by atoms with Gasteiger partial charge in [-0.25, -0.2) is 19.3 Å². The van der Waals surface area contributed by atoms with Crippen LogP contribution in [0.2, 0.25) is 0 Å². The Labute approximate surface area is 282 Å². The van der Waals surface area contributed by atoms with E-state index in [2.05, 4.69) is 9.97 Å². The first kappa shape index (κ1) is 32.7. The van der Waals surface area contributed by atoms with Crippen LogP contribution in [0.15, 0.2) is 103 Å². The van der Waals surface area contributed by atoms with E-state index in [1.165, 1.54) is 6.26 Å². The van der Waals surface area contributed by atoms with Gasteiger partial charge >= 0.3 is 5.76 Å². The Hall–Kier alpha value is -6.23. The molecule has 0 aliphatic rings. The predicted octanol–water partition coefficient (Wildman–Crippen LogP) is 7.28. The van der Waals surface area contributed by atoms with E-state index >= 15 is 0 Å². The molecule has 3 aromatic heterocycles. The molecule has 0 bridgehead atoms. The molecule has 0 fully saturated rings. The average molecular weight is 662 g/mol. The summed E-state index contributed by atoms with van der Waals surface area (Å²) in [5.41, 5.74) is 4.04. The highest BCUT2D eigenvalue weighted by atomic mass is 16.5. The summed E-state index contributed by atoms with van der Waals surface area (Å²) in [7, 11) is 3.11. The second kappa shape index (κ2) is 15.6. The van der Waals surface area contributed by atoms with Gasteiger partial charge in [0.2, 0.25) is 23.4 Å². The molecule has 0 spiro atoms. The van der Waals surface area contributed by atoms with Crippen molar-refractivity contribution in [3.63, 3.8) is 0 Å². The van der Waals surface area contributed by atoms with Crippen LogP contribution >= 0.6 is 0 Å². The number of hydrogen-bond acceptors (Lipinski definition) is 10. The lowest BCUT2D eigenvalue weighted by Crippen LogP contribution is -2.14. The number of hydrogen-bond donors (Lipinski definition) is 1. The minimum Gasteiger partial charge on any atom is -0.493 e. The Balaban J connectivity index is 1.05. The van der Waals surface area contributed by atoms with Crippen LogP contribution in [0, 0.1) is 0 Å². The number of ether oxygens (including phenoxy) is 3. The Morgan fingerprint density at radius 1 is 0.776 bits per heavy atom. The SMILES string of the molecule is COc1cc(CCCc2oc(=O)n(Cc3coc(C=Cc4ccccc4)n3)c2O)cc(OC)c1OCc1coc(C=Cc2ccccc2)n1. The molecule has 0 atom stereocenters. The molecule has 250 valence electrons. The Kier molecular flexibility index (Phi) is 10.4. The highest BCUT2D eigenvalue weighted by Gasteiger charge is 2.19. The summed E-state index contributed by atoms with van der Waals surface area (Å²) in [4.78, 5) is 21.4. The molecule has 0 unspecified atom stereocenters. The fraction of sp³-hybridized carbons (Fsp3) is 0.184. The topological polar surface area (TPSA) is 135 Å². The molecule has 0 saturated carbocycles. The zero-order chi connectivity index (χ0) is 34.0. The molecule has 3 aromatic carbocycles. The van der Waals surface area contributed by atoms with E-state index in [9.17, 15) is 9.90 Å². The summed E-state index contributed by atoms with van der Waals surface area (Å²) in [6.45, 7) is 0.150. The fourth-order valence-electron chi connectivity index (χ4n) is 5.13. The highest BCUT2D eigenvalue weighted by Crippen LogP contribution is 2.39. The smallest absolute Gasteiger partial charge is 0.422 e. The molecule has 0 aliphatic heterocycles. The van der Waals surface area contributed by atoms with Crippen LogP contribution in [0.1, 0.15) is 52.0 Å². The van der Waals surface area contributed by atoms with Crippen molar-refractivity contribution in [3.8, 4) is 23.1 Å². The zero-order valence-electron chi connectivity index (χ0n) is 27.1. The summed E-state index contributed by atoms with van der Waals surface area (Å²) in [5, 5.41) is 10.8. The molecule has 11 nitrogen and oxygen atoms in total. The van der Waals surface area contributed by atoms with E-state index in [0.717, 1.165) is 21.3 Å². The third-order valence-electron chi connectivity index (χ3n) is 7.59. The maximum atomic E-state index is 12.6. The number of aromatic nitrogens is 3. The van der Waals surface area contributed by atoms with Gasteiger partial charge in [0.1, 0.15) is 24.8 Å². The molecule has 3 heterocycles. The number of benzene rings is 3. The van der Waals surface area contributed by atoms with Gasteiger partial charge in [-0.1, -0.05) is 60.7 Å². The first-order valence-corrected chi connectivity index (χ1v) is 15.6. The van der Waals surface area contributed by atoms with Gasteiger partial charge in [0.25, 0.3) is 0 Å². The lowest BCUT2D eigenvalue weighted by Gasteiger charge is -2.15. The Morgan fingerprint density at radius 2 is 1.35 bits per heavy atom. The zero-order valence-corrected chi connectivity index (χ0v) is 27.1. The molecule has 6 aromatic rings. The second-order valence-electron chi connectivity index (χ2n) is 11.0. The Bertz CT molecular complexity index is 2060. The largest absolute Gasteiger partial charge is 0.493 e. The average Bonchev–Trinajstić information content (AvgIpc) is 3.86. The van der Waals surface area contributed by atoms with Crippen LogP contribution in [-0.4, -0.2) is 33.9 Å².